The fraction of sp³-hybridized carbons (Fsp3) is 0.0645. The van der Waals surface area contributed by atoms with E-state index in [2.05, 4.69) is 31.4 Å². The molecule has 8 nitrogen and oxygen atoms in total. The van der Waals surface area contributed by atoms with E-state index >= 15 is 0 Å². The summed E-state index contributed by atoms with van der Waals surface area (Å²) in [6.45, 7) is 0. The van der Waals surface area contributed by atoms with Crippen molar-refractivity contribution in [3.8, 4) is 28.4 Å². The van der Waals surface area contributed by atoms with Crippen molar-refractivity contribution < 1.29 is 23.8 Å². The summed E-state index contributed by atoms with van der Waals surface area (Å²) in [5, 5.41) is 5.24. The predicted molar refractivity (Wildman–Crippen MR) is 162 cm³/mol. The fourth-order valence-corrected chi connectivity index (χ4v) is 4.83. The van der Waals surface area contributed by atoms with Gasteiger partial charge in [0.25, 0.3) is 5.91 Å². The first-order chi connectivity index (χ1) is 19.9. The summed E-state index contributed by atoms with van der Waals surface area (Å²) in [5.74, 6) is 0.304. The maximum absolute atomic E-state index is 13.5. The van der Waals surface area contributed by atoms with Gasteiger partial charge < -0.3 is 19.2 Å². The number of hydrazone groups is 1. The average Bonchev–Trinajstić information content (AvgIpc) is 3.39. The first kappa shape index (κ1) is 27.9. The van der Waals surface area contributed by atoms with Gasteiger partial charge in [-0.1, -0.05) is 57.9 Å². The summed E-state index contributed by atoms with van der Waals surface area (Å²) < 4.78 is 17.6. The average molecular weight is 633 g/mol. The van der Waals surface area contributed by atoms with Crippen molar-refractivity contribution in [2.45, 2.75) is 0 Å². The van der Waals surface area contributed by atoms with E-state index in [9.17, 15) is 9.59 Å². The second-order valence-electron chi connectivity index (χ2n) is 8.71. The Hall–Kier alpha value is -4.60. The monoisotopic (exact) mass is 631 g/mol. The molecule has 0 fully saturated rings. The topological polar surface area (TPSA) is 102 Å². The number of carbonyl (C=O) groups is 2. The van der Waals surface area contributed by atoms with Gasteiger partial charge >= 0.3 is 5.97 Å². The number of esters is 1. The number of aromatic amines is 1. The van der Waals surface area contributed by atoms with Crippen LogP contribution in [0, 0.1) is 0 Å². The van der Waals surface area contributed by atoms with Crippen molar-refractivity contribution in [3.05, 3.63) is 111 Å². The van der Waals surface area contributed by atoms with Gasteiger partial charge in [0.1, 0.15) is 22.9 Å². The molecule has 0 bridgehead atoms. The van der Waals surface area contributed by atoms with Crippen LogP contribution in [0.15, 0.2) is 94.5 Å². The molecule has 0 atom stereocenters. The van der Waals surface area contributed by atoms with E-state index < -0.39 is 11.9 Å². The van der Waals surface area contributed by atoms with Gasteiger partial charge in [-0.3, -0.25) is 4.79 Å². The Bertz CT molecular complexity index is 1780. The third-order valence-corrected chi connectivity index (χ3v) is 7.12. The van der Waals surface area contributed by atoms with Crippen molar-refractivity contribution in [2.24, 2.45) is 5.10 Å². The first-order valence-electron chi connectivity index (χ1n) is 12.3. The zero-order valence-electron chi connectivity index (χ0n) is 21.9. The molecule has 0 spiro atoms. The highest BCUT2D eigenvalue weighted by Gasteiger charge is 2.25. The van der Waals surface area contributed by atoms with Gasteiger partial charge in [-0.05, 0) is 54.6 Å². The number of H-pyrrole nitrogens is 1. The number of hydrogen-bond acceptors (Lipinski definition) is 6. The van der Waals surface area contributed by atoms with Gasteiger partial charge in [0.2, 0.25) is 0 Å². The highest BCUT2D eigenvalue weighted by molar-refractivity contribution is 9.10. The third kappa shape index (κ3) is 5.82. The molecule has 0 aliphatic rings. The number of methoxy groups -OCH3 is 2. The molecule has 41 heavy (non-hydrogen) atoms. The summed E-state index contributed by atoms with van der Waals surface area (Å²) in [5.41, 5.74) is 5.40. The molecule has 0 unspecified atom stereocenters. The molecule has 5 aromatic rings. The Morgan fingerprint density at radius 3 is 2.29 bits per heavy atom. The third-order valence-electron chi connectivity index (χ3n) is 6.26. The second kappa shape index (κ2) is 12.3. The predicted octanol–water partition coefficient (Wildman–Crippen LogP) is 7.25. The Labute approximate surface area is 249 Å². The molecular weight excluding hydrogens is 610 g/mol. The van der Waals surface area contributed by atoms with Crippen LogP contribution in [0.4, 0.5) is 0 Å². The largest absolute Gasteiger partial charge is 0.496 e. The summed E-state index contributed by atoms with van der Waals surface area (Å²) in [4.78, 5) is 29.3. The Kier molecular flexibility index (Phi) is 8.37. The first-order valence-corrected chi connectivity index (χ1v) is 13.5. The summed E-state index contributed by atoms with van der Waals surface area (Å²) in [6, 6.07) is 24.4. The van der Waals surface area contributed by atoms with E-state index in [0.29, 0.717) is 49.7 Å². The highest BCUT2D eigenvalue weighted by Crippen LogP contribution is 2.44. The number of halogens is 2. The molecular formula is C31H23BrClN3O5. The number of nitrogens with zero attached hydrogens (tertiary/aromatic N) is 1. The molecule has 1 amide bonds. The van der Waals surface area contributed by atoms with Crippen LogP contribution in [0.25, 0.3) is 22.0 Å². The smallest absolute Gasteiger partial charge is 0.343 e. The lowest BCUT2D eigenvalue weighted by Gasteiger charge is -2.10. The minimum Gasteiger partial charge on any atom is -0.496 e. The zero-order chi connectivity index (χ0) is 28.9. The van der Waals surface area contributed by atoms with Gasteiger partial charge in [0.05, 0.1) is 36.9 Å². The van der Waals surface area contributed by atoms with Gasteiger partial charge in [-0.15, -0.1) is 0 Å². The molecule has 0 saturated heterocycles. The molecule has 206 valence electrons. The number of ether oxygens (including phenoxy) is 3. The molecule has 5 rings (SSSR count). The van der Waals surface area contributed by atoms with E-state index in [-0.39, 0.29) is 11.4 Å². The maximum atomic E-state index is 13.5. The zero-order valence-corrected chi connectivity index (χ0v) is 24.2. The summed E-state index contributed by atoms with van der Waals surface area (Å²) in [6.07, 6.45) is 1.40. The summed E-state index contributed by atoms with van der Waals surface area (Å²) in [7, 11) is 3.10. The Balaban J connectivity index is 1.47. The standard InChI is InChI=1S/C31H23BrClN3O5/c1-39-24-15-16-25(40-2)28-27(24)26(21-8-4-5-9-22(21)33)29(35-28)30(37)36-34-17-19-7-3-6-10-23(19)41-31(38)18-11-13-20(32)14-12-18/h3-17,35H,1-2H3,(H,36,37). The van der Waals surface area contributed by atoms with Gasteiger partial charge in [-0.25, -0.2) is 10.2 Å². The van der Waals surface area contributed by atoms with E-state index in [1.807, 2.05) is 18.2 Å². The molecule has 0 saturated carbocycles. The van der Waals surface area contributed by atoms with Crippen LogP contribution in [0.1, 0.15) is 26.4 Å². The number of rotatable bonds is 8. The van der Waals surface area contributed by atoms with Crippen LogP contribution in [0.3, 0.4) is 0 Å². The molecule has 10 heteroatoms. The maximum Gasteiger partial charge on any atom is 0.343 e. The molecule has 4 aromatic carbocycles. The fourth-order valence-electron chi connectivity index (χ4n) is 4.33. The number of para-hydroxylation sites is 1. The molecule has 2 N–H and O–H groups in total. The van der Waals surface area contributed by atoms with Crippen molar-refractivity contribution in [2.75, 3.05) is 14.2 Å². The van der Waals surface area contributed by atoms with Crippen molar-refractivity contribution >= 4 is 56.5 Å². The van der Waals surface area contributed by atoms with Crippen LogP contribution in [0.5, 0.6) is 17.2 Å². The molecule has 0 aliphatic carbocycles. The number of hydrogen-bond donors (Lipinski definition) is 2. The number of carbonyl (C=O) groups excluding carboxylic acids is 2. The number of aromatic nitrogens is 1. The van der Waals surface area contributed by atoms with Crippen molar-refractivity contribution in [1.29, 1.82) is 0 Å². The van der Waals surface area contributed by atoms with Crippen LogP contribution in [0.2, 0.25) is 5.02 Å². The van der Waals surface area contributed by atoms with E-state index in [1.165, 1.54) is 6.21 Å². The second-order valence-corrected chi connectivity index (χ2v) is 10.0. The van der Waals surface area contributed by atoms with E-state index in [0.717, 1.165) is 4.47 Å². The molecule has 0 aliphatic heterocycles. The van der Waals surface area contributed by atoms with Crippen LogP contribution < -0.4 is 19.6 Å². The van der Waals surface area contributed by atoms with Crippen molar-refractivity contribution in [3.63, 3.8) is 0 Å². The van der Waals surface area contributed by atoms with Gasteiger partial charge in [0.15, 0.2) is 0 Å². The number of amides is 1. The number of nitrogens with one attached hydrogen (secondary N) is 2. The Morgan fingerprint density at radius 1 is 0.878 bits per heavy atom. The quantitative estimate of drug-likeness (QED) is 0.0812. The SMILES string of the molecule is COc1ccc(OC)c2c(-c3ccccc3Cl)c(C(=O)NN=Cc3ccccc3OC(=O)c3ccc(Br)cc3)[nH]c12. The molecule has 1 heterocycles. The number of fused-ring (bicyclic) bond motifs is 1. The van der Waals surface area contributed by atoms with Gasteiger partial charge in [-0.2, -0.15) is 5.10 Å². The molecule has 0 radical (unpaired) electrons. The van der Waals surface area contributed by atoms with Crippen LogP contribution in [-0.2, 0) is 0 Å². The van der Waals surface area contributed by atoms with E-state index in [1.54, 1.807) is 80.9 Å². The minimum absolute atomic E-state index is 0.211. The van der Waals surface area contributed by atoms with Crippen LogP contribution in [-0.4, -0.2) is 37.3 Å². The minimum atomic E-state index is -0.527. The lowest BCUT2D eigenvalue weighted by molar-refractivity contribution is 0.0734. The summed E-state index contributed by atoms with van der Waals surface area (Å²) >= 11 is 9.92. The lowest BCUT2D eigenvalue weighted by atomic mass is 10.0. The number of benzene rings is 4. The van der Waals surface area contributed by atoms with Crippen molar-refractivity contribution in [1.82, 2.24) is 10.4 Å². The van der Waals surface area contributed by atoms with Crippen LogP contribution >= 0.6 is 27.5 Å². The lowest BCUT2D eigenvalue weighted by Crippen LogP contribution is -2.19. The highest BCUT2D eigenvalue weighted by atomic mass is 79.9. The van der Waals surface area contributed by atoms with Gasteiger partial charge in [0, 0.05) is 26.2 Å². The molecule has 1 aromatic heterocycles. The van der Waals surface area contributed by atoms with E-state index in [4.69, 9.17) is 25.8 Å². The normalized spacial score (nSPS) is 11.0. The Morgan fingerprint density at radius 2 is 1.56 bits per heavy atom.